The first-order valence-electron chi connectivity index (χ1n) is 7.41. The van der Waals surface area contributed by atoms with E-state index >= 15 is 0 Å². The second-order valence-electron chi connectivity index (χ2n) is 6.43. The molecular weight excluding hydrogens is 363 g/mol. The molecule has 0 aliphatic heterocycles. The van der Waals surface area contributed by atoms with E-state index in [9.17, 15) is 4.39 Å². The molecule has 1 atom stereocenters. The van der Waals surface area contributed by atoms with Crippen molar-refractivity contribution in [2.45, 2.75) is 51.8 Å². The van der Waals surface area contributed by atoms with Gasteiger partial charge < -0.3 is 0 Å². The molecular formula is C17H22BrFN2S. The second-order valence-corrected chi connectivity index (χ2v) is 9.01. The molecule has 2 aromatic rings. The minimum absolute atomic E-state index is 0.122. The van der Waals surface area contributed by atoms with Crippen molar-refractivity contribution in [1.82, 2.24) is 9.71 Å². The van der Waals surface area contributed by atoms with E-state index in [1.54, 1.807) is 11.9 Å². The average Bonchev–Trinajstić information content (AvgIpc) is 2.39. The number of rotatable bonds is 4. The number of aryl methyl sites for hydroxylation is 1. The molecule has 0 amide bonds. The summed E-state index contributed by atoms with van der Waals surface area (Å²) < 4.78 is 18.6. The van der Waals surface area contributed by atoms with Crippen LogP contribution in [0.1, 0.15) is 51.4 Å². The SMILES string of the molecule is CCC(NSC(C)(C)C)c1cc(C)nc2c(F)cc(Br)cc12. The van der Waals surface area contributed by atoms with Gasteiger partial charge in [0.25, 0.3) is 0 Å². The van der Waals surface area contributed by atoms with E-state index in [0.29, 0.717) is 5.52 Å². The van der Waals surface area contributed by atoms with E-state index in [0.717, 1.165) is 27.5 Å². The molecule has 22 heavy (non-hydrogen) atoms. The van der Waals surface area contributed by atoms with E-state index in [-0.39, 0.29) is 16.6 Å². The Hall–Kier alpha value is -0.650. The van der Waals surface area contributed by atoms with Crippen molar-refractivity contribution in [3.05, 3.63) is 39.7 Å². The summed E-state index contributed by atoms with van der Waals surface area (Å²) in [5, 5.41) is 0.867. The zero-order chi connectivity index (χ0) is 16.5. The molecule has 0 saturated heterocycles. The van der Waals surface area contributed by atoms with Gasteiger partial charge in [-0.15, -0.1) is 0 Å². The standard InChI is InChI=1S/C17H22BrFN2S/c1-6-15(21-22-17(3,4)5)12-7-10(2)20-16-13(12)8-11(18)9-14(16)19/h7-9,15,21H,6H2,1-5H3. The monoisotopic (exact) mass is 384 g/mol. The topological polar surface area (TPSA) is 24.9 Å². The predicted octanol–water partition coefficient (Wildman–Crippen LogP) is 5.93. The van der Waals surface area contributed by atoms with Crippen LogP contribution < -0.4 is 4.72 Å². The highest BCUT2D eigenvalue weighted by Gasteiger charge is 2.19. The number of nitrogens with one attached hydrogen (secondary N) is 1. The van der Waals surface area contributed by atoms with E-state index in [2.05, 4.69) is 59.4 Å². The van der Waals surface area contributed by atoms with Crippen molar-refractivity contribution in [1.29, 1.82) is 0 Å². The third-order valence-electron chi connectivity index (χ3n) is 3.28. The van der Waals surface area contributed by atoms with Gasteiger partial charge in [-0.1, -0.05) is 34.8 Å². The zero-order valence-corrected chi connectivity index (χ0v) is 16.0. The van der Waals surface area contributed by atoms with E-state index in [1.807, 2.05) is 13.0 Å². The maximum Gasteiger partial charge on any atom is 0.150 e. The summed E-state index contributed by atoms with van der Waals surface area (Å²) in [4.78, 5) is 4.37. The van der Waals surface area contributed by atoms with Gasteiger partial charge in [0, 0.05) is 26.3 Å². The van der Waals surface area contributed by atoms with Gasteiger partial charge in [0.05, 0.1) is 0 Å². The predicted molar refractivity (Wildman–Crippen MR) is 97.6 cm³/mol. The fraction of sp³-hybridized carbons (Fsp3) is 0.471. The summed E-state index contributed by atoms with van der Waals surface area (Å²) in [6, 6.07) is 5.63. The largest absolute Gasteiger partial charge is 0.256 e. The van der Waals surface area contributed by atoms with Gasteiger partial charge in [0.15, 0.2) is 5.82 Å². The summed E-state index contributed by atoms with van der Waals surface area (Å²) in [5.41, 5.74) is 2.38. The Morgan fingerprint density at radius 3 is 2.59 bits per heavy atom. The molecule has 0 bridgehead atoms. The molecule has 0 aliphatic carbocycles. The number of aromatic nitrogens is 1. The molecule has 0 saturated carbocycles. The Balaban J connectivity index is 2.52. The molecule has 1 heterocycles. The van der Waals surface area contributed by atoms with E-state index in [1.165, 1.54) is 6.07 Å². The Morgan fingerprint density at radius 1 is 1.32 bits per heavy atom. The molecule has 0 spiro atoms. The maximum atomic E-state index is 14.2. The summed E-state index contributed by atoms with van der Waals surface area (Å²) in [7, 11) is 0. The third kappa shape index (κ3) is 4.21. The average molecular weight is 385 g/mol. The summed E-state index contributed by atoms with van der Waals surface area (Å²) in [6.45, 7) is 10.6. The lowest BCUT2D eigenvalue weighted by Gasteiger charge is -2.25. The highest BCUT2D eigenvalue weighted by molar-refractivity contribution is 9.10. The van der Waals surface area contributed by atoms with Crippen LogP contribution in [0, 0.1) is 12.7 Å². The summed E-state index contributed by atoms with van der Waals surface area (Å²) >= 11 is 5.09. The van der Waals surface area contributed by atoms with Crippen LogP contribution >= 0.6 is 27.9 Å². The van der Waals surface area contributed by atoms with Crippen molar-refractivity contribution < 1.29 is 4.39 Å². The van der Waals surface area contributed by atoms with Crippen LogP contribution in [0.5, 0.6) is 0 Å². The van der Waals surface area contributed by atoms with Crippen LogP contribution in [0.2, 0.25) is 0 Å². The van der Waals surface area contributed by atoms with Crippen LogP contribution in [0.4, 0.5) is 4.39 Å². The normalized spacial score (nSPS) is 13.6. The van der Waals surface area contributed by atoms with Crippen molar-refractivity contribution in [2.24, 2.45) is 0 Å². The maximum absolute atomic E-state index is 14.2. The van der Waals surface area contributed by atoms with Crippen molar-refractivity contribution >= 4 is 38.8 Å². The smallest absolute Gasteiger partial charge is 0.150 e. The third-order valence-corrected chi connectivity index (χ3v) is 4.76. The number of pyridine rings is 1. The fourth-order valence-corrected chi connectivity index (χ4v) is 3.53. The Morgan fingerprint density at radius 2 is 2.00 bits per heavy atom. The molecule has 1 aromatic heterocycles. The number of nitrogens with zero attached hydrogens (tertiary/aromatic N) is 1. The first-order valence-corrected chi connectivity index (χ1v) is 9.02. The highest BCUT2D eigenvalue weighted by atomic mass is 79.9. The first-order chi connectivity index (χ1) is 10.2. The molecule has 2 nitrogen and oxygen atoms in total. The Bertz CT molecular complexity index is 682. The summed E-state index contributed by atoms with van der Waals surface area (Å²) in [5.74, 6) is -0.285. The Labute approximate surface area is 144 Å². The lowest BCUT2D eigenvalue weighted by molar-refractivity contribution is 0.631. The minimum atomic E-state index is -0.285. The van der Waals surface area contributed by atoms with Crippen molar-refractivity contribution in [2.75, 3.05) is 0 Å². The quantitative estimate of drug-likeness (QED) is 0.660. The van der Waals surface area contributed by atoms with Crippen LogP contribution in [-0.2, 0) is 0 Å². The Kier molecular flexibility index (Phi) is 5.51. The van der Waals surface area contributed by atoms with Crippen LogP contribution in [0.15, 0.2) is 22.7 Å². The van der Waals surface area contributed by atoms with Gasteiger partial charge in [-0.25, -0.2) is 4.39 Å². The molecule has 1 aromatic carbocycles. The van der Waals surface area contributed by atoms with E-state index in [4.69, 9.17) is 0 Å². The lowest BCUT2D eigenvalue weighted by atomic mass is 9.99. The summed E-state index contributed by atoms with van der Waals surface area (Å²) in [6.07, 6.45) is 0.926. The van der Waals surface area contributed by atoms with Gasteiger partial charge in [0.2, 0.25) is 0 Å². The van der Waals surface area contributed by atoms with Gasteiger partial charge in [-0.05, 0) is 57.9 Å². The molecule has 0 radical (unpaired) electrons. The molecule has 1 unspecified atom stereocenters. The number of fused-ring (bicyclic) bond motifs is 1. The molecule has 120 valence electrons. The molecule has 0 aliphatic rings. The van der Waals surface area contributed by atoms with Crippen molar-refractivity contribution in [3.63, 3.8) is 0 Å². The molecule has 5 heteroatoms. The van der Waals surface area contributed by atoms with Gasteiger partial charge >= 0.3 is 0 Å². The number of benzene rings is 1. The zero-order valence-electron chi connectivity index (χ0n) is 13.6. The van der Waals surface area contributed by atoms with Crippen molar-refractivity contribution in [3.8, 4) is 0 Å². The highest BCUT2D eigenvalue weighted by Crippen LogP contribution is 2.33. The first kappa shape index (κ1) is 17.7. The lowest BCUT2D eigenvalue weighted by Crippen LogP contribution is -2.21. The second kappa shape index (κ2) is 6.85. The van der Waals surface area contributed by atoms with Crippen LogP contribution in [-0.4, -0.2) is 9.73 Å². The number of halogens is 2. The molecule has 2 rings (SSSR count). The van der Waals surface area contributed by atoms with Gasteiger partial charge in [0.1, 0.15) is 5.52 Å². The van der Waals surface area contributed by atoms with Gasteiger partial charge in [-0.2, -0.15) is 0 Å². The van der Waals surface area contributed by atoms with Gasteiger partial charge in [-0.3, -0.25) is 9.71 Å². The fourth-order valence-electron chi connectivity index (χ4n) is 2.31. The molecule has 0 fully saturated rings. The molecule has 1 N–H and O–H groups in total. The van der Waals surface area contributed by atoms with E-state index < -0.39 is 0 Å². The minimum Gasteiger partial charge on any atom is -0.256 e. The number of hydrogen-bond acceptors (Lipinski definition) is 3. The number of hydrogen-bond donors (Lipinski definition) is 1. The van der Waals surface area contributed by atoms with Crippen LogP contribution in [0.3, 0.4) is 0 Å². The van der Waals surface area contributed by atoms with Crippen LogP contribution in [0.25, 0.3) is 10.9 Å².